The van der Waals surface area contributed by atoms with Crippen LogP contribution >= 0.6 is 35.7 Å². The van der Waals surface area contributed by atoms with Crippen molar-refractivity contribution in [3.63, 3.8) is 0 Å². The van der Waals surface area contributed by atoms with Crippen LogP contribution in [0.5, 0.6) is 0 Å². The van der Waals surface area contributed by atoms with Gasteiger partial charge in [0, 0.05) is 58.1 Å². The minimum Gasteiger partial charge on any atom is -0.355 e. The van der Waals surface area contributed by atoms with Gasteiger partial charge in [0.2, 0.25) is 0 Å². The maximum Gasteiger partial charge on any atom is 0.191 e. The average Bonchev–Trinajstić information content (AvgIpc) is 2.64. The molecule has 1 saturated heterocycles. The van der Waals surface area contributed by atoms with Crippen LogP contribution in [-0.4, -0.2) is 74.9 Å². The van der Waals surface area contributed by atoms with Crippen molar-refractivity contribution >= 4 is 41.7 Å². The number of likely N-dealkylation sites (N-methyl/N-ethyl adjacent to an activating group) is 1. The highest BCUT2D eigenvalue weighted by atomic mass is 127. The predicted molar refractivity (Wildman–Crippen MR) is 126 cm³/mol. The quantitative estimate of drug-likeness (QED) is 0.336. The Hall–Kier alpha value is -0.580. The van der Waals surface area contributed by atoms with Gasteiger partial charge in [-0.25, -0.2) is 4.39 Å². The van der Waals surface area contributed by atoms with E-state index in [0.29, 0.717) is 12.6 Å². The molecule has 0 spiro atoms. The number of nitrogens with zero attached hydrogens (tertiary/aromatic N) is 3. The molecule has 0 saturated carbocycles. The summed E-state index contributed by atoms with van der Waals surface area (Å²) in [6.45, 7) is 8.21. The Balaban J connectivity index is 0.00000364. The van der Waals surface area contributed by atoms with Gasteiger partial charge in [0.15, 0.2) is 5.96 Å². The molecule has 0 amide bonds. The SMILES string of the molecule is CN=C(NCc1ccc(F)cc1CSC)NCC(C)N1CCN(C)CC1.I. The summed E-state index contributed by atoms with van der Waals surface area (Å²) < 4.78 is 13.5. The Bertz CT molecular complexity index is 593. The molecular weight excluding hydrogens is 476 g/mol. The van der Waals surface area contributed by atoms with Crippen LogP contribution in [0.1, 0.15) is 18.1 Å². The number of rotatable bonds is 7. The number of benzene rings is 1. The van der Waals surface area contributed by atoms with Crippen LogP contribution in [0.25, 0.3) is 0 Å². The van der Waals surface area contributed by atoms with Gasteiger partial charge in [0.1, 0.15) is 5.82 Å². The van der Waals surface area contributed by atoms with E-state index in [1.54, 1.807) is 24.9 Å². The van der Waals surface area contributed by atoms with Crippen LogP contribution in [0.3, 0.4) is 0 Å². The Morgan fingerprint density at radius 1 is 1.22 bits per heavy atom. The van der Waals surface area contributed by atoms with Crippen molar-refractivity contribution in [3.05, 3.63) is 35.1 Å². The average molecular weight is 509 g/mol. The number of halogens is 2. The molecular formula is C19H33FIN5S. The second-order valence-electron chi connectivity index (χ2n) is 6.84. The molecule has 1 atom stereocenters. The number of nitrogens with one attached hydrogen (secondary N) is 2. The maximum atomic E-state index is 13.5. The summed E-state index contributed by atoms with van der Waals surface area (Å²) in [5.41, 5.74) is 2.14. The van der Waals surface area contributed by atoms with Gasteiger partial charge in [-0.1, -0.05) is 6.07 Å². The van der Waals surface area contributed by atoms with Crippen LogP contribution in [0.2, 0.25) is 0 Å². The van der Waals surface area contributed by atoms with Gasteiger partial charge in [0.25, 0.3) is 0 Å². The van der Waals surface area contributed by atoms with E-state index in [9.17, 15) is 4.39 Å². The second kappa shape index (κ2) is 12.8. The number of aliphatic imine (C=N–C) groups is 1. The van der Waals surface area contributed by atoms with E-state index in [1.165, 1.54) is 6.07 Å². The molecule has 0 bridgehead atoms. The molecule has 1 unspecified atom stereocenters. The summed E-state index contributed by atoms with van der Waals surface area (Å²) in [5, 5.41) is 6.76. The fraction of sp³-hybridized carbons (Fsp3) is 0.632. The summed E-state index contributed by atoms with van der Waals surface area (Å²) in [5.74, 6) is 1.41. The molecule has 2 rings (SSSR count). The van der Waals surface area contributed by atoms with Gasteiger partial charge in [0.05, 0.1) is 0 Å². The van der Waals surface area contributed by atoms with E-state index in [1.807, 2.05) is 12.3 Å². The lowest BCUT2D eigenvalue weighted by molar-refractivity contribution is 0.120. The first-order valence-electron chi connectivity index (χ1n) is 9.16. The van der Waals surface area contributed by atoms with Crippen LogP contribution in [0, 0.1) is 5.82 Å². The number of thioether (sulfide) groups is 1. The van der Waals surface area contributed by atoms with Gasteiger partial charge in [-0.15, -0.1) is 24.0 Å². The molecule has 2 N–H and O–H groups in total. The first-order chi connectivity index (χ1) is 12.5. The Kier molecular flexibility index (Phi) is 11.6. The smallest absolute Gasteiger partial charge is 0.191 e. The molecule has 1 aromatic carbocycles. The third-order valence-corrected chi connectivity index (χ3v) is 5.46. The zero-order valence-electron chi connectivity index (χ0n) is 16.8. The predicted octanol–water partition coefficient (Wildman–Crippen LogP) is 2.61. The summed E-state index contributed by atoms with van der Waals surface area (Å²) >= 11 is 1.70. The lowest BCUT2D eigenvalue weighted by atomic mass is 10.1. The summed E-state index contributed by atoms with van der Waals surface area (Å²) in [4.78, 5) is 9.19. The molecule has 1 aromatic rings. The van der Waals surface area contributed by atoms with Crippen LogP contribution < -0.4 is 10.6 Å². The Morgan fingerprint density at radius 2 is 1.93 bits per heavy atom. The Morgan fingerprint density at radius 3 is 2.56 bits per heavy atom. The largest absolute Gasteiger partial charge is 0.355 e. The molecule has 0 aromatic heterocycles. The highest BCUT2D eigenvalue weighted by molar-refractivity contribution is 14.0. The van der Waals surface area contributed by atoms with Crippen molar-refractivity contribution in [1.82, 2.24) is 20.4 Å². The van der Waals surface area contributed by atoms with Gasteiger partial charge < -0.3 is 15.5 Å². The van der Waals surface area contributed by atoms with Crippen molar-refractivity contribution in [2.75, 3.05) is 53.1 Å². The summed E-state index contributed by atoms with van der Waals surface area (Å²) in [6.07, 6.45) is 2.03. The molecule has 1 aliphatic rings. The van der Waals surface area contributed by atoms with Crippen LogP contribution in [-0.2, 0) is 12.3 Å². The highest BCUT2D eigenvalue weighted by Gasteiger charge is 2.19. The second-order valence-corrected chi connectivity index (χ2v) is 7.71. The van der Waals surface area contributed by atoms with Crippen molar-refractivity contribution in [2.24, 2.45) is 4.99 Å². The molecule has 154 valence electrons. The number of guanidine groups is 1. The molecule has 0 aliphatic carbocycles. The van der Waals surface area contributed by atoms with Gasteiger partial charge in [-0.2, -0.15) is 11.8 Å². The molecule has 1 heterocycles. The number of piperazine rings is 1. The van der Waals surface area contributed by atoms with Crippen LogP contribution in [0.4, 0.5) is 4.39 Å². The van der Waals surface area contributed by atoms with Crippen molar-refractivity contribution in [3.8, 4) is 0 Å². The van der Waals surface area contributed by atoms with E-state index < -0.39 is 0 Å². The van der Waals surface area contributed by atoms with E-state index in [-0.39, 0.29) is 29.8 Å². The van der Waals surface area contributed by atoms with Gasteiger partial charge in [-0.3, -0.25) is 9.89 Å². The fourth-order valence-corrected chi connectivity index (χ4v) is 3.67. The van der Waals surface area contributed by atoms with Crippen molar-refractivity contribution in [1.29, 1.82) is 0 Å². The highest BCUT2D eigenvalue weighted by Crippen LogP contribution is 2.16. The van der Waals surface area contributed by atoms with Gasteiger partial charge in [-0.05, 0) is 43.5 Å². The van der Waals surface area contributed by atoms with Gasteiger partial charge >= 0.3 is 0 Å². The fourth-order valence-electron chi connectivity index (χ4n) is 3.09. The lowest BCUT2D eigenvalue weighted by Gasteiger charge is -2.36. The Labute approximate surface area is 184 Å². The zero-order valence-corrected chi connectivity index (χ0v) is 19.9. The van der Waals surface area contributed by atoms with E-state index >= 15 is 0 Å². The van der Waals surface area contributed by atoms with E-state index in [2.05, 4.69) is 39.4 Å². The minimum atomic E-state index is -0.179. The third-order valence-electron chi connectivity index (χ3n) is 4.86. The molecule has 8 heteroatoms. The molecule has 27 heavy (non-hydrogen) atoms. The third kappa shape index (κ3) is 8.13. The van der Waals surface area contributed by atoms with Crippen molar-refractivity contribution in [2.45, 2.75) is 25.3 Å². The first kappa shape index (κ1) is 24.5. The molecule has 0 radical (unpaired) electrons. The van der Waals surface area contributed by atoms with E-state index in [0.717, 1.165) is 55.6 Å². The summed E-state index contributed by atoms with van der Waals surface area (Å²) in [6, 6.07) is 5.46. The molecule has 1 fully saturated rings. The van der Waals surface area contributed by atoms with Crippen molar-refractivity contribution < 1.29 is 4.39 Å². The monoisotopic (exact) mass is 509 g/mol. The minimum absolute atomic E-state index is 0. The molecule has 5 nitrogen and oxygen atoms in total. The standard InChI is InChI=1S/C19H32FN5S.HI/c1-15(25-9-7-24(3)8-10-25)12-22-19(21-2)23-13-16-5-6-18(20)11-17(16)14-26-4;/h5-6,11,15H,7-10,12-14H2,1-4H3,(H2,21,22,23);1H. The lowest BCUT2D eigenvalue weighted by Crippen LogP contribution is -2.52. The zero-order chi connectivity index (χ0) is 18.9. The first-order valence-corrected chi connectivity index (χ1v) is 10.6. The van der Waals surface area contributed by atoms with Crippen LogP contribution in [0.15, 0.2) is 23.2 Å². The summed E-state index contributed by atoms with van der Waals surface area (Å²) in [7, 11) is 3.95. The normalized spacial score (nSPS) is 17.3. The topological polar surface area (TPSA) is 42.9 Å². The number of hydrogen-bond acceptors (Lipinski definition) is 4. The maximum absolute atomic E-state index is 13.5. The molecule has 1 aliphatic heterocycles. The number of hydrogen-bond donors (Lipinski definition) is 2. The van der Waals surface area contributed by atoms with E-state index in [4.69, 9.17) is 0 Å².